The number of hydrogen-bond donors (Lipinski definition) is 9. The molecule has 3 amide bonds. The van der Waals surface area contributed by atoms with E-state index in [4.69, 9.17) is 41.2 Å². The predicted molar refractivity (Wildman–Crippen MR) is 420 cm³/mol. The number of nitrogen functional groups attached to an aromatic ring is 3. The van der Waals surface area contributed by atoms with Crippen molar-refractivity contribution < 1.29 is 42.1 Å². The zero-order chi connectivity index (χ0) is 77.5. The van der Waals surface area contributed by atoms with Crippen molar-refractivity contribution in [1.82, 2.24) is 54.1 Å². The first kappa shape index (κ1) is 72.7. The monoisotopic (exact) mass is 1480 g/mol. The third-order valence-electron chi connectivity index (χ3n) is 18.4. The highest BCUT2D eigenvalue weighted by Gasteiger charge is 2.33. The van der Waals surface area contributed by atoms with Crippen LogP contribution in [0.2, 0.25) is 0 Å². The number of aromatic amines is 3. The van der Waals surface area contributed by atoms with Crippen LogP contribution in [0.5, 0.6) is 29.0 Å². The van der Waals surface area contributed by atoms with E-state index in [1.807, 2.05) is 132 Å². The fraction of sp³-hybridized carbons (Fsp3) is 0.148. The fourth-order valence-electron chi connectivity index (χ4n) is 13.2. The number of carbonyl (C=O) groups excluding carboxylic acids is 3. The molecule has 0 bridgehead atoms. The van der Waals surface area contributed by atoms with Gasteiger partial charge in [-0.15, -0.1) is 0 Å². The molecule has 0 fully saturated rings. The first-order valence-corrected chi connectivity index (χ1v) is 34.6. The molecule has 3 aliphatic rings. The summed E-state index contributed by atoms with van der Waals surface area (Å²) >= 11 is 0. The number of anilines is 6. The Bertz CT molecular complexity index is 5930. The van der Waals surface area contributed by atoms with E-state index < -0.39 is 28.7 Å². The van der Waals surface area contributed by atoms with Gasteiger partial charge in [0.15, 0.2) is 11.6 Å². The van der Waals surface area contributed by atoms with Crippen molar-refractivity contribution in [2.75, 3.05) is 74.4 Å². The Morgan fingerprint density at radius 2 is 1.03 bits per heavy atom. The fourth-order valence-corrected chi connectivity index (χ4v) is 13.2. The minimum Gasteiger partial charge on any atom is -0.484 e. The SMILES string of the molecule is C=CC(=O)Nc1c(F)ccc2c1OCc1[nH]c(=O)c3c(N)n(-c4ccc(Oc5ccccc5)cc4)nc3c1-2.Cc1ccc(C)c(-n2nc3c4c([nH]c(=O)c3c2N)OCc2c(NC(=O)/C=C/CN(C)C)cccc2-4)c1.Cc1ccc(F)c(-n2nc3c4c([nH]c(=O)c3c2N)OCc2c(NC(=O)/C=C/CN(C)C)cccc2-4)c1. The Morgan fingerprint density at radius 3 is 1.58 bits per heavy atom. The van der Waals surface area contributed by atoms with Gasteiger partial charge in [0.1, 0.15) is 98.7 Å². The lowest BCUT2D eigenvalue weighted by molar-refractivity contribution is -0.112. The molecule has 12 N–H and O–H groups in total. The van der Waals surface area contributed by atoms with Gasteiger partial charge in [0.05, 0.1) is 28.2 Å². The van der Waals surface area contributed by atoms with Gasteiger partial charge < -0.3 is 66.9 Å². The van der Waals surface area contributed by atoms with Crippen LogP contribution in [-0.2, 0) is 34.2 Å². The number of halogens is 2. The number of likely N-dealkylation sites (N-methyl/N-ethyl adjacent to an activating group) is 2. The smallest absolute Gasteiger partial charge is 0.264 e. The molecular formula is C81H73F2N17O10. The summed E-state index contributed by atoms with van der Waals surface area (Å²) in [6.45, 7) is 10.7. The van der Waals surface area contributed by atoms with E-state index in [1.54, 1.807) is 65.4 Å². The van der Waals surface area contributed by atoms with Crippen molar-refractivity contribution in [1.29, 1.82) is 0 Å². The molecule has 3 aliphatic heterocycles. The molecule has 0 unspecified atom stereocenters. The number of H-pyrrole nitrogens is 3. The molecule has 0 radical (unpaired) electrons. The van der Waals surface area contributed by atoms with Crippen LogP contribution in [0, 0.1) is 32.4 Å². The molecule has 9 heterocycles. The highest BCUT2D eigenvalue weighted by molar-refractivity contribution is 6.08. The maximum atomic E-state index is 14.7. The number of amides is 3. The number of hydrogen-bond acceptors (Lipinski definition) is 18. The third kappa shape index (κ3) is 14.1. The van der Waals surface area contributed by atoms with E-state index in [2.05, 4.69) is 47.7 Å². The van der Waals surface area contributed by atoms with Gasteiger partial charge in [-0.2, -0.15) is 15.3 Å². The zero-order valence-corrected chi connectivity index (χ0v) is 60.6. The summed E-state index contributed by atoms with van der Waals surface area (Å²) in [4.78, 5) is 88.1. The summed E-state index contributed by atoms with van der Waals surface area (Å²) in [5.74, 6) is 0.128. The van der Waals surface area contributed by atoms with Gasteiger partial charge in [-0.25, -0.2) is 22.8 Å². The molecule has 16 rings (SSSR count). The summed E-state index contributed by atoms with van der Waals surface area (Å²) in [5, 5.41) is 22.9. The van der Waals surface area contributed by atoms with Gasteiger partial charge in [-0.3, -0.25) is 38.7 Å². The minimum absolute atomic E-state index is 0.0150. The van der Waals surface area contributed by atoms with Crippen LogP contribution in [0.25, 0.3) is 83.2 Å². The van der Waals surface area contributed by atoms with E-state index >= 15 is 0 Å². The van der Waals surface area contributed by atoms with Gasteiger partial charge in [0.25, 0.3) is 16.7 Å². The van der Waals surface area contributed by atoms with Crippen molar-refractivity contribution in [3.8, 4) is 79.5 Å². The largest absolute Gasteiger partial charge is 0.484 e. The normalized spacial score (nSPS) is 12.3. The molecule has 13 aromatic rings. The van der Waals surface area contributed by atoms with Crippen molar-refractivity contribution in [3.63, 3.8) is 0 Å². The van der Waals surface area contributed by atoms with Gasteiger partial charge in [-0.1, -0.05) is 79.4 Å². The number of aromatic nitrogens is 9. The molecule has 0 atom stereocenters. The standard InChI is InChI=1S/C28H20FN5O4.C27H28N6O3.C26H25FN6O3/c1-2-21(35)32-24-19(29)13-12-18-22-20(14-37-26(18)24)31-28(36)23-25(22)33-34(27(23)30)15-8-10-17(11-9-15)38-16-6-4-3-5-7-16;1-15-10-11-16(2)20(13-15)33-25(28)23-24(31-33)22-17-7-5-8-19(29-21(34)9-6-12-32(3)4)18(17)14-36-27(22)30-26(23)35;1-14-9-10-17(27)19(12-14)33-24(28)22-23(31-33)21-15-6-4-7-18(29-20(34)8-5-11-32(2)3)16(15)13-36-26(21)30-25(22)35/h2-13H,1,14,30H2,(H,31,36)(H,32,35);5-11,13H,12,14,28H2,1-4H3,(H,29,34)(H,30,35);4-10,12H,11,13,28H2,1-3H3,(H,29,34)(H,30,35)/b;9-6+;8-5+. The molecule has 6 aromatic heterocycles. The van der Waals surface area contributed by atoms with Crippen LogP contribution < -0.4 is 68.8 Å². The Labute approximate surface area is 625 Å². The highest BCUT2D eigenvalue weighted by atomic mass is 19.1. The van der Waals surface area contributed by atoms with Gasteiger partial charge in [0.2, 0.25) is 29.5 Å². The third-order valence-corrected chi connectivity index (χ3v) is 18.4. The summed E-state index contributed by atoms with van der Waals surface area (Å²) < 4.78 is 57.1. The average molecular weight is 1480 g/mol. The number of pyridine rings is 3. The number of fused-ring (bicyclic) bond motifs is 15. The van der Waals surface area contributed by atoms with Gasteiger partial charge in [-0.05, 0) is 162 Å². The lowest BCUT2D eigenvalue weighted by Crippen LogP contribution is -2.18. The van der Waals surface area contributed by atoms with Crippen LogP contribution in [0.1, 0.15) is 33.5 Å². The van der Waals surface area contributed by atoms with E-state index in [9.17, 15) is 37.5 Å². The number of para-hydroxylation sites is 1. The van der Waals surface area contributed by atoms with Crippen LogP contribution in [-0.4, -0.2) is 113 Å². The molecule has 556 valence electrons. The number of carbonyl (C=O) groups is 3. The maximum absolute atomic E-state index is 14.7. The molecule has 0 aliphatic carbocycles. The van der Waals surface area contributed by atoms with Crippen molar-refractivity contribution in [2.24, 2.45) is 0 Å². The molecular weight excluding hydrogens is 1410 g/mol. The predicted octanol–water partition coefficient (Wildman–Crippen LogP) is 11.8. The number of nitrogens with two attached hydrogens (primary N) is 3. The Balaban J connectivity index is 0.000000138. The second-order valence-corrected chi connectivity index (χ2v) is 26.7. The van der Waals surface area contributed by atoms with Gasteiger partial charge >= 0.3 is 0 Å². The second-order valence-electron chi connectivity index (χ2n) is 26.7. The van der Waals surface area contributed by atoms with Crippen LogP contribution in [0.4, 0.5) is 43.3 Å². The average Bonchev–Trinajstić information content (AvgIpc) is 1.56. The molecule has 29 heteroatoms. The summed E-state index contributed by atoms with van der Waals surface area (Å²) in [5.41, 5.74) is 30.1. The van der Waals surface area contributed by atoms with Crippen molar-refractivity contribution >= 4 is 84.9 Å². The number of rotatable bonds is 15. The number of benzene rings is 7. The lowest BCUT2D eigenvalue weighted by atomic mass is 9.96. The van der Waals surface area contributed by atoms with Crippen molar-refractivity contribution in [2.45, 2.75) is 40.6 Å². The number of nitrogens with zero attached hydrogens (tertiary/aromatic N) is 8. The molecule has 110 heavy (non-hydrogen) atoms. The summed E-state index contributed by atoms with van der Waals surface area (Å²) in [7, 11) is 7.70. The van der Waals surface area contributed by atoms with E-state index in [0.29, 0.717) is 91.9 Å². The van der Waals surface area contributed by atoms with Crippen LogP contribution in [0.15, 0.2) is 191 Å². The van der Waals surface area contributed by atoms with Crippen LogP contribution >= 0.6 is 0 Å². The molecule has 0 spiro atoms. The number of aryl methyl sites for hydroxylation is 3. The second kappa shape index (κ2) is 30.0. The van der Waals surface area contributed by atoms with Crippen molar-refractivity contribution in [3.05, 3.63) is 253 Å². The number of ether oxygens (including phenoxy) is 4. The zero-order valence-electron chi connectivity index (χ0n) is 60.6. The highest BCUT2D eigenvalue weighted by Crippen LogP contribution is 2.48. The Hall–Kier alpha value is -14.2. The summed E-state index contributed by atoms with van der Waals surface area (Å²) in [6, 6.07) is 40.8. The topological polar surface area (TPSA) is 361 Å². The summed E-state index contributed by atoms with van der Waals surface area (Å²) in [6.07, 6.45) is 7.59. The lowest BCUT2D eigenvalue weighted by Gasteiger charge is -2.23. The first-order valence-electron chi connectivity index (χ1n) is 34.6. The van der Waals surface area contributed by atoms with E-state index in [-0.39, 0.29) is 93.9 Å². The molecule has 0 saturated carbocycles. The molecule has 0 saturated heterocycles. The van der Waals surface area contributed by atoms with E-state index in [0.717, 1.165) is 50.7 Å². The Morgan fingerprint density at radius 1 is 0.536 bits per heavy atom. The number of nitrogens with one attached hydrogen (secondary N) is 6. The molecule has 7 aromatic carbocycles. The quantitative estimate of drug-likeness (QED) is 0.0431. The first-order chi connectivity index (χ1) is 52.9. The van der Waals surface area contributed by atoms with E-state index in [1.165, 1.54) is 39.7 Å². The minimum atomic E-state index is -0.675. The Kier molecular flexibility index (Phi) is 19.8. The molecule has 27 nitrogen and oxygen atoms in total. The van der Waals surface area contributed by atoms with Crippen LogP contribution in [0.3, 0.4) is 0 Å². The van der Waals surface area contributed by atoms with Gasteiger partial charge in [0, 0.05) is 58.9 Å². The maximum Gasteiger partial charge on any atom is 0.264 e.